The summed E-state index contributed by atoms with van der Waals surface area (Å²) >= 11 is 12.0. The highest BCUT2D eigenvalue weighted by Crippen LogP contribution is 2.23. The molecule has 1 heterocycles. The quantitative estimate of drug-likeness (QED) is 0.848. The van der Waals surface area contributed by atoms with Crippen LogP contribution in [0.15, 0.2) is 47.9 Å². The van der Waals surface area contributed by atoms with Crippen molar-refractivity contribution < 1.29 is 0 Å². The molecular weight excluding hydrogens is 309 g/mol. The predicted molar refractivity (Wildman–Crippen MR) is 87.2 cm³/mol. The summed E-state index contributed by atoms with van der Waals surface area (Å²) in [7, 11) is 0. The van der Waals surface area contributed by atoms with Crippen LogP contribution in [0.4, 0.5) is 5.69 Å². The van der Waals surface area contributed by atoms with Gasteiger partial charge < -0.3 is 5.32 Å². The van der Waals surface area contributed by atoms with Gasteiger partial charge in [-0.05, 0) is 24.6 Å². The summed E-state index contributed by atoms with van der Waals surface area (Å²) in [4.78, 5) is 12.0. The first-order valence-electron chi connectivity index (χ1n) is 6.41. The van der Waals surface area contributed by atoms with Crippen LogP contribution >= 0.6 is 23.2 Å². The number of halogens is 2. The van der Waals surface area contributed by atoms with Gasteiger partial charge in [0, 0.05) is 11.1 Å². The van der Waals surface area contributed by atoms with Gasteiger partial charge in [-0.1, -0.05) is 41.4 Å². The minimum Gasteiger partial charge on any atom is -0.376 e. The third-order valence-corrected chi connectivity index (χ3v) is 3.65. The van der Waals surface area contributed by atoms with Gasteiger partial charge >= 0.3 is 0 Å². The number of aromatic nitrogens is 2. The van der Waals surface area contributed by atoms with E-state index >= 15 is 0 Å². The smallest absolute Gasteiger partial charge is 0.287 e. The second kappa shape index (κ2) is 6.78. The number of nitrogens with zero attached hydrogens (tertiary/aromatic N) is 2. The number of benzene rings is 1. The number of hydrogen-bond donors (Lipinski definition) is 1. The minimum atomic E-state index is -0.343. The van der Waals surface area contributed by atoms with Crippen molar-refractivity contribution in [3.05, 3.63) is 69.1 Å². The van der Waals surface area contributed by atoms with Gasteiger partial charge in [0.05, 0.1) is 18.4 Å². The molecule has 0 bridgehead atoms. The molecule has 4 nitrogen and oxygen atoms in total. The highest BCUT2D eigenvalue weighted by molar-refractivity contribution is 6.33. The van der Waals surface area contributed by atoms with Crippen LogP contribution in [0.1, 0.15) is 18.5 Å². The Kier molecular flexibility index (Phi) is 5.04. The molecule has 0 aliphatic carbocycles. The van der Waals surface area contributed by atoms with Gasteiger partial charge in [0.1, 0.15) is 5.02 Å². The molecule has 0 saturated carbocycles. The molecule has 0 amide bonds. The van der Waals surface area contributed by atoms with Crippen molar-refractivity contribution in [3.8, 4) is 0 Å². The molecule has 1 atom stereocenters. The van der Waals surface area contributed by atoms with E-state index in [0.717, 1.165) is 5.56 Å². The Balaban J connectivity index is 2.23. The molecule has 6 heteroatoms. The van der Waals surface area contributed by atoms with Gasteiger partial charge in [0.2, 0.25) is 0 Å². The molecule has 0 spiro atoms. The molecule has 1 aromatic heterocycles. The van der Waals surface area contributed by atoms with Crippen molar-refractivity contribution in [3.63, 3.8) is 0 Å². The minimum absolute atomic E-state index is 0.0313. The van der Waals surface area contributed by atoms with Crippen LogP contribution in [0.5, 0.6) is 0 Å². The maximum Gasteiger partial charge on any atom is 0.287 e. The van der Waals surface area contributed by atoms with E-state index in [1.165, 1.54) is 4.68 Å². The molecule has 110 valence electrons. The summed E-state index contributed by atoms with van der Waals surface area (Å²) in [6.07, 6.45) is 3.13. The fraction of sp³-hybridized carbons (Fsp3) is 0.200. The summed E-state index contributed by atoms with van der Waals surface area (Å²) < 4.78 is 1.26. The first kappa shape index (κ1) is 15.6. The zero-order valence-corrected chi connectivity index (χ0v) is 13.0. The summed E-state index contributed by atoms with van der Waals surface area (Å²) in [6.45, 7) is 5.87. The number of allylic oxidation sites excluding steroid dienone is 1. The monoisotopic (exact) mass is 323 g/mol. The summed E-state index contributed by atoms with van der Waals surface area (Å²) in [5.41, 5.74) is 1.19. The topological polar surface area (TPSA) is 46.9 Å². The van der Waals surface area contributed by atoms with Crippen molar-refractivity contribution in [1.82, 2.24) is 9.78 Å². The normalized spacial score (nSPS) is 12.0. The lowest BCUT2D eigenvalue weighted by Crippen LogP contribution is -2.24. The number of hydrogen-bond acceptors (Lipinski definition) is 3. The zero-order valence-electron chi connectivity index (χ0n) is 11.5. The third kappa shape index (κ3) is 3.65. The molecule has 2 rings (SSSR count). The summed E-state index contributed by atoms with van der Waals surface area (Å²) in [5.74, 6) is 0. The van der Waals surface area contributed by atoms with Gasteiger partial charge in [-0.15, -0.1) is 6.58 Å². The van der Waals surface area contributed by atoms with Gasteiger partial charge in [-0.2, -0.15) is 5.10 Å². The second-order valence-corrected chi connectivity index (χ2v) is 5.38. The number of rotatable bonds is 5. The molecule has 1 unspecified atom stereocenters. The average molecular weight is 324 g/mol. The molecule has 1 N–H and O–H groups in total. The molecule has 0 aliphatic heterocycles. The maximum absolute atomic E-state index is 12.0. The first-order valence-corrected chi connectivity index (χ1v) is 7.17. The van der Waals surface area contributed by atoms with E-state index in [4.69, 9.17) is 23.2 Å². The highest BCUT2D eigenvalue weighted by atomic mass is 35.5. The van der Waals surface area contributed by atoms with E-state index in [0.29, 0.717) is 17.3 Å². The Labute approximate surface area is 133 Å². The Morgan fingerprint density at radius 3 is 2.67 bits per heavy atom. The molecule has 2 aromatic rings. The largest absolute Gasteiger partial charge is 0.376 e. The van der Waals surface area contributed by atoms with E-state index in [2.05, 4.69) is 17.0 Å². The van der Waals surface area contributed by atoms with Crippen LogP contribution in [-0.2, 0) is 6.54 Å². The van der Waals surface area contributed by atoms with Crippen LogP contribution in [0.2, 0.25) is 10.0 Å². The van der Waals surface area contributed by atoms with Gasteiger partial charge in [-0.3, -0.25) is 4.79 Å². The van der Waals surface area contributed by atoms with Crippen LogP contribution in [0.3, 0.4) is 0 Å². The Morgan fingerprint density at radius 2 is 2.05 bits per heavy atom. The molecule has 21 heavy (non-hydrogen) atoms. The summed E-state index contributed by atoms with van der Waals surface area (Å²) in [5, 5.41) is 8.03. The van der Waals surface area contributed by atoms with Crippen molar-refractivity contribution in [2.75, 3.05) is 5.32 Å². The number of anilines is 1. The first-order chi connectivity index (χ1) is 10.0. The van der Waals surface area contributed by atoms with E-state index in [-0.39, 0.29) is 16.6 Å². The average Bonchev–Trinajstić information content (AvgIpc) is 2.47. The zero-order chi connectivity index (χ0) is 15.4. The van der Waals surface area contributed by atoms with Gasteiger partial charge in [0.25, 0.3) is 5.56 Å². The van der Waals surface area contributed by atoms with E-state index in [1.54, 1.807) is 12.3 Å². The Bertz CT molecular complexity index is 695. The second-order valence-electron chi connectivity index (χ2n) is 4.57. The van der Waals surface area contributed by atoms with Crippen molar-refractivity contribution in [2.24, 2.45) is 0 Å². The van der Waals surface area contributed by atoms with E-state index < -0.39 is 0 Å². The van der Waals surface area contributed by atoms with Crippen LogP contribution in [0.25, 0.3) is 0 Å². The van der Waals surface area contributed by atoms with Crippen LogP contribution in [0, 0.1) is 0 Å². The molecule has 0 fully saturated rings. The molecule has 0 radical (unpaired) electrons. The lowest BCUT2D eigenvalue weighted by molar-refractivity contribution is 0.652. The predicted octanol–water partition coefficient (Wildman–Crippen LogP) is 3.91. The van der Waals surface area contributed by atoms with Crippen molar-refractivity contribution in [2.45, 2.75) is 19.5 Å². The fourth-order valence-electron chi connectivity index (χ4n) is 1.89. The standard InChI is InChI=1S/C15H15Cl2N3O/c1-3-8-20-15(21)14(17)13(9-18-20)19-10(2)11-4-6-12(16)7-5-11/h3-7,9-10,19H,1,8H2,2H3. The van der Waals surface area contributed by atoms with E-state index in [9.17, 15) is 4.79 Å². The SMILES string of the molecule is C=CCn1ncc(NC(C)c2ccc(Cl)cc2)c(Cl)c1=O. The molecule has 0 aliphatic rings. The Hall–Kier alpha value is -1.78. The third-order valence-electron chi connectivity index (χ3n) is 3.03. The Morgan fingerprint density at radius 1 is 1.38 bits per heavy atom. The van der Waals surface area contributed by atoms with Gasteiger partial charge in [-0.25, -0.2) is 4.68 Å². The molecule has 1 aromatic carbocycles. The maximum atomic E-state index is 12.0. The lowest BCUT2D eigenvalue weighted by Gasteiger charge is -2.16. The molecular formula is C15H15Cl2N3O. The fourth-order valence-corrected chi connectivity index (χ4v) is 2.21. The lowest BCUT2D eigenvalue weighted by atomic mass is 10.1. The van der Waals surface area contributed by atoms with Crippen LogP contribution in [-0.4, -0.2) is 9.78 Å². The van der Waals surface area contributed by atoms with E-state index in [1.807, 2.05) is 31.2 Å². The van der Waals surface area contributed by atoms with Crippen molar-refractivity contribution >= 4 is 28.9 Å². The summed E-state index contributed by atoms with van der Waals surface area (Å²) in [6, 6.07) is 7.44. The number of nitrogens with one attached hydrogen (secondary N) is 1. The van der Waals surface area contributed by atoms with Crippen molar-refractivity contribution in [1.29, 1.82) is 0 Å². The van der Waals surface area contributed by atoms with Crippen LogP contribution < -0.4 is 10.9 Å². The van der Waals surface area contributed by atoms with Gasteiger partial charge in [0.15, 0.2) is 0 Å². The highest BCUT2D eigenvalue weighted by Gasteiger charge is 2.12. The molecule has 0 saturated heterocycles.